The van der Waals surface area contributed by atoms with Crippen LogP contribution in [-0.4, -0.2) is 74.8 Å². The number of hydrogen-bond acceptors (Lipinski definition) is 7. The summed E-state index contributed by atoms with van der Waals surface area (Å²) < 4.78 is 6.88. The lowest BCUT2D eigenvalue weighted by atomic mass is 10.2. The van der Waals surface area contributed by atoms with Gasteiger partial charge < -0.3 is 19.9 Å². The SMILES string of the molecule is Cc1cc(N2CCN(C(=O)CCNC(=O)OC(C)(C)C)CC2)n2ncnc2n1. The lowest BCUT2D eigenvalue weighted by Crippen LogP contribution is -2.49. The van der Waals surface area contributed by atoms with Gasteiger partial charge in [0.2, 0.25) is 5.91 Å². The van der Waals surface area contributed by atoms with Gasteiger partial charge in [-0.05, 0) is 27.7 Å². The Balaban J connectivity index is 1.49. The highest BCUT2D eigenvalue weighted by atomic mass is 16.6. The average molecular weight is 389 g/mol. The molecule has 1 aliphatic rings. The first-order valence-corrected chi connectivity index (χ1v) is 9.40. The van der Waals surface area contributed by atoms with Crippen LogP contribution in [0.15, 0.2) is 12.4 Å². The molecule has 0 radical (unpaired) electrons. The maximum absolute atomic E-state index is 12.4. The number of aryl methyl sites for hydroxylation is 1. The lowest BCUT2D eigenvalue weighted by molar-refractivity contribution is -0.131. The van der Waals surface area contributed by atoms with Crippen LogP contribution in [0.2, 0.25) is 0 Å². The van der Waals surface area contributed by atoms with Crippen LogP contribution >= 0.6 is 0 Å². The van der Waals surface area contributed by atoms with Crippen LogP contribution in [-0.2, 0) is 9.53 Å². The smallest absolute Gasteiger partial charge is 0.407 e. The lowest BCUT2D eigenvalue weighted by Gasteiger charge is -2.36. The molecule has 10 nitrogen and oxygen atoms in total. The summed E-state index contributed by atoms with van der Waals surface area (Å²) in [6, 6.07) is 1.98. The van der Waals surface area contributed by atoms with E-state index in [2.05, 4.69) is 25.3 Å². The van der Waals surface area contributed by atoms with Gasteiger partial charge >= 0.3 is 6.09 Å². The van der Waals surface area contributed by atoms with E-state index in [4.69, 9.17) is 4.74 Å². The van der Waals surface area contributed by atoms with Gasteiger partial charge in [-0.3, -0.25) is 4.79 Å². The van der Waals surface area contributed by atoms with E-state index in [9.17, 15) is 9.59 Å². The highest BCUT2D eigenvalue weighted by molar-refractivity contribution is 5.77. The minimum Gasteiger partial charge on any atom is -0.444 e. The summed E-state index contributed by atoms with van der Waals surface area (Å²) >= 11 is 0. The van der Waals surface area contributed by atoms with Gasteiger partial charge in [0.25, 0.3) is 5.78 Å². The van der Waals surface area contributed by atoms with Gasteiger partial charge in [-0.1, -0.05) is 0 Å². The third kappa shape index (κ3) is 4.87. The summed E-state index contributed by atoms with van der Waals surface area (Å²) in [6.07, 6.45) is 1.24. The van der Waals surface area contributed by atoms with Crippen LogP contribution in [0.4, 0.5) is 10.6 Å². The van der Waals surface area contributed by atoms with Crippen molar-refractivity contribution in [3.05, 3.63) is 18.1 Å². The van der Waals surface area contributed by atoms with E-state index in [1.165, 1.54) is 6.33 Å². The molecule has 2 amide bonds. The molecule has 3 rings (SSSR count). The Morgan fingerprint density at radius 3 is 2.61 bits per heavy atom. The van der Waals surface area contributed by atoms with E-state index >= 15 is 0 Å². The first-order chi connectivity index (χ1) is 13.2. The number of rotatable bonds is 4. The molecule has 1 fully saturated rings. The molecule has 2 aromatic heterocycles. The third-order valence-electron chi connectivity index (χ3n) is 4.32. The molecule has 2 aromatic rings. The molecule has 0 aliphatic carbocycles. The Labute approximate surface area is 163 Å². The maximum Gasteiger partial charge on any atom is 0.407 e. The number of carbonyl (C=O) groups excluding carboxylic acids is 2. The van der Waals surface area contributed by atoms with Gasteiger partial charge in [0.05, 0.1) is 0 Å². The molecule has 0 saturated carbocycles. The fourth-order valence-corrected chi connectivity index (χ4v) is 3.07. The molecule has 1 aliphatic heterocycles. The molecule has 0 unspecified atom stereocenters. The number of piperazine rings is 1. The number of alkyl carbamates (subject to hydrolysis) is 1. The van der Waals surface area contributed by atoms with Crippen LogP contribution in [0.3, 0.4) is 0 Å². The topological polar surface area (TPSA) is 105 Å². The van der Waals surface area contributed by atoms with Gasteiger partial charge in [-0.2, -0.15) is 14.6 Å². The van der Waals surface area contributed by atoms with Crippen molar-refractivity contribution in [3.8, 4) is 0 Å². The molecule has 10 heteroatoms. The molecule has 152 valence electrons. The van der Waals surface area contributed by atoms with Crippen molar-refractivity contribution in [2.75, 3.05) is 37.6 Å². The van der Waals surface area contributed by atoms with Crippen molar-refractivity contribution in [1.82, 2.24) is 29.8 Å². The third-order valence-corrected chi connectivity index (χ3v) is 4.32. The summed E-state index contributed by atoms with van der Waals surface area (Å²) in [5.74, 6) is 1.52. The first kappa shape index (κ1) is 19.8. The number of nitrogens with zero attached hydrogens (tertiary/aromatic N) is 6. The van der Waals surface area contributed by atoms with Gasteiger partial charge in [-0.25, -0.2) is 9.78 Å². The second-order valence-electron chi connectivity index (χ2n) is 7.77. The molecule has 0 spiro atoms. The first-order valence-electron chi connectivity index (χ1n) is 9.40. The highest BCUT2D eigenvalue weighted by Crippen LogP contribution is 2.18. The minimum atomic E-state index is -0.550. The van der Waals surface area contributed by atoms with Crippen molar-refractivity contribution in [3.63, 3.8) is 0 Å². The summed E-state index contributed by atoms with van der Waals surface area (Å²) in [4.78, 5) is 36.6. The molecule has 3 heterocycles. The van der Waals surface area contributed by atoms with Gasteiger partial charge in [0.15, 0.2) is 0 Å². The van der Waals surface area contributed by atoms with E-state index in [0.29, 0.717) is 32.0 Å². The van der Waals surface area contributed by atoms with Crippen LogP contribution in [0.5, 0.6) is 0 Å². The molecule has 1 saturated heterocycles. The molecule has 0 aromatic carbocycles. The Kier molecular flexibility index (Phi) is 5.66. The predicted molar refractivity (Wildman–Crippen MR) is 103 cm³/mol. The molecule has 0 atom stereocenters. The van der Waals surface area contributed by atoms with Crippen molar-refractivity contribution in [2.24, 2.45) is 0 Å². The highest BCUT2D eigenvalue weighted by Gasteiger charge is 2.23. The molecule has 28 heavy (non-hydrogen) atoms. The fraction of sp³-hybridized carbons (Fsp3) is 0.611. The van der Waals surface area contributed by atoms with E-state index < -0.39 is 11.7 Å². The average Bonchev–Trinajstić information content (AvgIpc) is 3.07. The Morgan fingerprint density at radius 2 is 1.93 bits per heavy atom. The number of amides is 2. The quantitative estimate of drug-likeness (QED) is 0.831. The largest absolute Gasteiger partial charge is 0.444 e. The summed E-state index contributed by atoms with van der Waals surface area (Å²) in [6.45, 7) is 10.2. The molecule has 0 bridgehead atoms. The van der Waals surface area contributed by atoms with Gasteiger partial charge in [-0.15, -0.1) is 0 Å². The van der Waals surface area contributed by atoms with Crippen molar-refractivity contribution in [2.45, 2.75) is 39.7 Å². The number of hydrogen-bond donors (Lipinski definition) is 1. The number of nitrogens with one attached hydrogen (secondary N) is 1. The summed E-state index contributed by atoms with van der Waals surface area (Å²) in [7, 11) is 0. The number of fused-ring (bicyclic) bond motifs is 1. The standard InChI is InChI=1S/C18H27N7O3/c1-13-11-14(25-16(22-13)20-12-21-25)23-7-9-24(10-8-23)15(26)5-6-19-17(27)28-18(2,3)4/h11-12H,5-10H2,1-4H3,(H,19,27). The Hall–Kier alpha value is -2.91. The number of aromatic nitrogens is 4. The van der Waals surface area contributed by atoms with Gasteiger partial charge in [0.1, 0.15) is 17.7 Å². The summed E-state index contributed by atoms with van der Waals surface area (Å²) in [5, 5.41) is 6.86. The summed E-state index contributed by atoms with van der Waals surface area (Å²) in [5.41, 5.74) is 0.327. The van der Waals surface area contributed by atoms with E-state index in [0.717, 1.165) is 11.5 Å². The van der Waals surface area contributed by atoms with E-state index in [1.807, 2.05) is 17.9 Å². The van der Waals surface area contributed by atoms with Crippen molar-refractivity contribution in [1.29, 1.82) is 0 Å². The number of ether oxygens (including phenoxy) is 1. The zero-order valence-electron chi connectivity index (χ0n) is 16.8. The van der Waals surface area contributed by atoms with E-state index in [-0.39, 0.29) is 18.9 Å². The Bertz CT molecular complexity index is 850. The maximum atomic E-state index is 12.4. The normalized spacial score (nSPS) is 15.0. The molecule has 1 N–H and O–H groups in total. The van der Waals surface area contributed by atoms with Crippen molar-refractivity contribution < 1.29 is 14.3 Å². The van der Waals surface area contributed by atoms with Crippen LogP contribution in [0, 0.1) is 6.92 Å². The van der Waals surface area contributed by atoms with Crippen LogP contribution in [0.25, 0.3) is 5.78 Å². The van der Waals surface area contributed by atoms with E-state index in [1.54, 1.807) is 25.3 Å². The second kappa shape index (κ2) is 7.99. The second-order valence-corrected chi connectivity index (χ2v) is 7.77. The number of carbonyl (C=O) groups is 2. The predicted octanol–water partition coefficient (Wildman–Crippen LogP) is 0.996. The van der Waals surface area contributed by atoms with Crippen LogP contribution < -0.4 is 10.2 Å². The minimum absolute atomic E-state index is 0.0209. The monoisotopic (exact) mass is 389 g/mol. The zero-order valence-corrected chi connectivity index (χ0v) is 16.8. The van der Waals surface area contributed by atoms with Crippen LogP contribution in [0.1, 0.15) is 32.9 Å². The zero-order chi connectivity index (χ0) is 20.3. The fourth-order valence-electron chi connectivity index (χ4n) is 3.07. The van der Waals surface area contributed by atoms with Gasteiger partial charge in [0, 0.05) is 50.9 Å². The number of anilines is 1. The van der Waals surface area contributed by atoms with Crippen molar-refractivity contribution >= 4 is 23.6 Å². The Morgan fingerprint density at radius 1 is 1.21 bits per heavy atom. The molecular formula is C18H27N7O3. The molecular weight excluding hydrogens is 362 g/mol.